The summed E-state index contributed by atoms with van der Waals surface area (Å²) in [4.78, 5) is 10.9. The van der Waals surface area contributed by atoms with Crippen LogP contribution in [-0.4, -0.2) is 24.0 Å². The van der Waals surface area contributed by atoms with Crippen LogP contribution < -0.4 is 0 Å². The first-order valence-electron chi connectivity index (χ1n) is 20.5. The molecular weight excluding hydrogens is 916 g/mol. The van der Waals surface area contributed by atoms with Crippen LogP contribution in [0.3, 0.4) is 0 Å². The molecule has 0 saturated heterocycles. The van der Waals surface area contributed by atoms with Crippen molar-refractivity contribution in [3.8, 4) is 45.1 Å². The second kappa shape index (κ2) is 14.3. The number of hydrogen-bond acceptors (Lipinski definition) is 3. The number of para-hydroxylation sites is 2. The van der Waals surface area contributed by atoms with Crippen molar-refractivity contribution in [1.29, 1.82) is 0 Å². The molecule has 5 nitrogen and oxygen atoms in total. The third-order valence-electron chi connectivity index (χ3n) is 11.9. The third-order valence-corrected chi connectivity index (χ3v) is 11.9. The van der Waals surface area contributed by atoms with Crippen LogP contribution in [0.5, 0.6) is 5.75 Å². The van der Waals surface area contributed by atoms with Gasteiger partial charge in [0.2, 0.25) is 0 Å². The zero-order valence-corrected chi connectivity index (χ0v) is 37.5. The Bertz CT molecular complexity index is 3320. The van der Waals surface area contributed by atoms with E-state index in [1.54, 1.807) is 0 Å². The molecule has 4 heterocycles. The molecule has 60 heavy (non-hydrogen) atoms. The molecule has 0 radical (unpaired) electrons. The van der Waals surface area contributed by atoms with Crippen LogP contribution in [0.2, 0.25) is 0 Å². The molecule has 6 heteroatoms. The van der Waals surface area contributed by atoms with E-state index in [1.165, 1.54) is 5.56 Å². The number of aromatic nitrogens is 4. The summed E-state index contributed by atoms with van der Waals surface area (Å²) in [5.41, 5.74) is 15.5. The van der Waals surface area contributed by atoms with Gasteiger partial charge in [-0.3, -0.25) is 9.55 Å². The van der Waals surface area contributed by atoms with Crippen LogP contribution in [0.1, 0.15) is 63.8 Å². The fourth-order valence-corrected chi connectivity index (χ4v) is 8.88. The summed E-state index contributed by atoms with van der Waals surface area (Å²) in [7, 11) is 0. The molecule has 0 saturated carbocycles. The monoisotopic (exact) mass is 962 g/mol. The summed E-state index contributed by atoms with van der Waals surface area (Å²) >= 11 is 0. The number of phenols is 1. The molecule has 0 aliphatic heterocycles. The van der Waals surface area contributed by atoms with Gasteiger partial charge in [-0.1, -0.05) is 143 Å². The molecule has 0 aliphatic carbocycles. The summed E-state index contributed by atoms with van der Waals surface area (Å²) in [6.45, 7) is 17.5. The van der Waals surface area contributed by atoms with Crippen molar-refractivity contribution in [2.24, 2.45) is 0 Å². The number of nitrogens with zero attached hydrogens (tertiary/aromatic N) is 4. The Kier molecular flexibility index (Phi) is 9.41. The Hall–Kier alpha value is -6.03. The maximum Gasteiger partial charge on any atom is 0.148 e. The van der Waals surface area contributed by atoms with Gasteiger partial charge in [0.25, 0.3) is 0 Å². The summed E-state index contributed by atoms with van der Waals surface area (Å²) < 4.78 is 4.53. The molecular formula is C54H47N4OPt-. The van der Waals surface area contributed by atoms with E-state index in [4.69, 9.17) is 9.97 Å². The number of pyridine rings is 2. The molecule has 0 aliphatic rings. The first kappa shape index (κ1) is 39.4. The zero-order valence-electron chi connectivity index (χ0n) is 35.3. The summed E-state index contributed by atoms with van der Waals surface area (Å²) in [6.07, 6.45) is 2.14. The van der Waals surface area contributed by atoms with E-state index < -0.39 is 0 Å². The predicted octanol–water partition coefficient (Wildman–Crippen LogP) is 13.8. The molecule has 1 N–H and O–H groups in total. The molecule has 0 fully saturated rings. The number of imidazole rings is 1. The molecule has 10 rings (SSSR count). The van der Waals surface area contributed by atoms with Crippen LogP contribution in [0.4, 0.5) is 0 Å². The van der Waals surface area contributed by atoms with Crippen molar-refractivity contribution in [2.75, 3.05) is 0 Å². The van der Waals surface area contributed by atoms with E-state index in [-0.39, 0.29) is 37.6 Å². The van der Waals surface area contributed by atoms with Gasteiger partial charge in [-0.2, -0.15) is 0 Å². The first-order valence-corrected chi connectivity index (χ1v) is 20.5. The smallest absolute Gasteiger partial charge is 0.148 e. The Morgan fingerprint density at radius 2 is 1.38 bits per heavy atom. The Morgan fingerprint density at radius 1 is 0.633 bits per heavy atom. The fourth-order valence-electron chi connectivity index (χ4n) is 8.88. The molecule has 4 aromatic heterocycles. The minimum Gasteiger partial charge on any atom is -0.507 e. The molecule has 300 valence electrons. The van der Waals surface area contributed by atoms with E-state index in [9.17, 15) is 5.11 Å². The largest absolute Gasteiger partial charge is 0.507 e. The average molecular weight is 963 g/mol. The Morgan fingerprint density at radius 3 is 2.15 bits per heavy atom. The van der Waals surface area contributed by atoms with Gasteiger partial charge in [0.15, 0.2) is 0 Å². The second-order valence-corrected chi connectivity index (χ2v) is 18.2. The summed E-state index contributed by atoms with van der Waals surface area (Å²) in [5.74, 6) is 0.943. The summed E-state index contributed by atoms with van der Waals surface area (Å²) in [6, 6.07) is 48.9. The Balaban J connectivity index is 0.00000462. The van der Waals surface area contributed by atoms with Crippen LogP contribution in [0.25, 0.3) is 88.6 Å². The van der Waals surface area contributed by atoms with Crippen LogP contribution in [-0.2, 0) is 31.9 Å². The zero-order chi connectivity index (χ0) is 41.0. The molecule has 0 atom stereocenters. The Labute approximate surface area is 365 Å². The second-order valence-electron chi connectivity index (χ2n) is 18.2. The molecule has 0 spiro atoms. The van der Waals surface area contributed by atoms with E-state index in [2.05, 4.69) is 198 Å². The van der Waals surface area contributed by atoms with E-state index in [0.717, 1.165) is 93.9 Å². The van der Waals surface area contributed by atoms with E-state index >= 15 is 0 Å². The van der Waals surface area contributed by atoms with Gasteiger partial charge >= 0.3 is 0 Å². The maximum atomic E-state index is 12.4. The van der Waals surface area contributed by atoms with Gasteiger partial charge in [0.1, 0.15) is 11.6 Å². The van der Waals surface area contributed by atoms with Crippen LogP contribution in [0, 0.1) is 19.9 Å². The topological polar surface area (TPSA) is 55.3 Å². The quantitative estimate of drug-likeness (QED) is 0.109. The van der Waals surface area contributed by atoms with Crippen LogP contribution >= 0.6 is 0 Å². The van der Waals surface area contributed by atoms with Crippen molar-refractivity contribution in [2.45, 2.75) is 66.2 Å². The maximum absolute atomic E-state index is 12.4. The number of phenolic OH excluding ortho intramolecular Hbond substituents is 1. The van der Waals surface area contributed by atoms with E-state index in [0.29, 0.717) is 11.4 Å². The number of rotatable bonds is 4. The fraction of sp³-hybridized carbons (Fsp3) is 0.185. The van der Waals surface area contributed by atoms with Crippen molar-refractivity contribution in [3.63, 3.8) is 0 Å². The average Bonchev–Trinajstić information content (AvgIpc) is 3.85. The van der Waals surface area contributed by atoms with Gasteiger partial charge < -0.3 is 9.51 Å². The number of aromatic hydroxyl groups is 1. The number of benzene rings is 6. The molecule has 6 aromatic carbocycles. The van der Waals surface area contributed by atoms with Gasteiger partial charge in [-0.15, -0.1) is 17.7 Å². The standard InChI is InChI=1S/C54H47N4O.Pt/c1-32-23-24-46(39(26-32)34-16-10-9-11-17-34)58-47-21-14-19-38(49(47)56-52(58)42-30-37(53(3,4)5)31-43(51(42)59)54(6,7)8)36-27-33(2)50-41(29-36)48-40(45-22-15-25-57(45)50)28-35-18-12-13-20-44(35)55-48;/h9-28,30-31,59H,1-8H3;/q-1;. The van der Waals surface area contributed by atoms with Gasteiger partial charge in [-0.05, 0) is 93.7 Å². The summed E-state index contributed by atoms with van der Waals surface area (Å²) in [5, 5.41) is 15.6. The molecule has 0 amide bonds. The van der Waals surface area contributed by atoms with E-state index in [1.807, 2.05) is 6.07 Å². The van der Waals surface area contributed by atoms with Crippen molar-refractivity contribution < 1.29 is 26.2 Å². The minimum absolute atomic E-state index is 0. The van der Waals surface area contributed by atoms with Crippen molar-refractivity contribution in [3.05, 3.63) is 162 Å². The number of fused-ring (bicyclic) bond motifs is 8. The van der Waals surface area contributed by atoms with Gasteiger partial charge in [0, 0.05) is 49.4 Å². The number of hydrogen-bond donors (Lipinski definition) is 1. The molecule has 0 unspecified atom stereocenters. The van der Waals surface area contributed by atoms with Crippen molar-refractivity contribution >= 4 is 49.3 Å². The number of aryl methyl sites for hydroxylation is 2. The third kappa shape index (κ3) is 6.34. The minimum atomic E-state index is -0.313. The van der Waals surface area contributed by atoms with Gasteiger partial charge in [-0.25, -0.2) is 4.98 Å². The first-order chi connectivity index (χ1) is 28.3. The normalized spacial score (nSPS) is 12.3. The van der Waals surface area contributed by atoms with Gasteiger partial charge in [0.05, 0.1) is 27.8 Å². The predicted molar refractivity (Wildman–Crippen MR) is 246 cm³/mol. The molecule has 10 aromatic rings. The van der Waals surface area contributed by atoms with Crippen LogP contribution in [0.15, 0.2) is 134 Å². The molecule has 0 bridgehead atoms. The van der Waals surface area contributed by atoms with Crippen molar-refractivity contribution in [1.82, 2.24) is 18.9 Å². The SMILES string of the molecule is Cc1ccc(-n2c(-c3cc(C(C)(C)C)cc(C(C)(C)C)c3O)nc3c(-c4[c-]c5c6nc7ccccc7cc6c6cccn6c5c(C)c4)cccc32)c(-c2ccccc2)c1.[Pt].